The van der Waals surface area contributed by atoms with Crippen LogP contribution in [0.4, 0.5) is 0 Å². The zero-order valence-electron chi connectivity index (χ0n) is 26.7. The molecule has 272 valence electrons. The standard InChI is InChI=1S/C27H45N7O13S/c1-12(22(41)34-21(13(2)35)27(46)47)30-24(43)16(5-8-19(37)38)32-26(45)17(6-9-20(39)40)33-25(44)15(4-7-18(29)36)31-23(42)14(28)10-11-48-3/h12-17,21,35H,4-11,28H2,1-3H3,(H2,29,36)(H,30,43)(H,31,42)(H,32,45)(H,33,44)(H,34,41)(H,37,38)(H,39,40)(H,46,47). The number of nitrogens with two attached hydrogens (primary N) is 2. The van der Waals surface area contributed by atoms with E-state index in [4.69, 9.17) is 21.7 Å². The lowest BCUT2D eigenvalue weighted by molar-refractivity contribution is -0.145. The Morgan fingerprint density at radius 1 is 0.625 bits per heavy atom. The molecule has 0 aromatic heterocycles. The second kappa shape index (κ2) is 22.1. The minimum Gasteiger partial charge on any atom is -0.481 e. The highest BCUT2D eigenvalue weighted by molar-refractivity contribution is 7.98. The van der Waals surface area contributed by atoms with Gasteiger partial charge in [-0.15, -0.1) is 0 Å². The van der Waals surface area contributed by atoms with Gasteiger partial charge in [0, 0.05) is 19.3 Å². The lowest BCUT2D eigenvalue weighted by Gasteiger charge is -2.26. The number of hydrogen-bond acceptors (Lipinski definition) is 12. The molecule has 0 bridgehead atoms. The number of aliphatic hydroxyl groups is 1. The number of carbonyl (C=O) groups is 9. The van der Waals surface area contributed by atoms with E-state index in [-0.39, 0.29) is 19.3 Å². The van der Waals surface area contributed by atoms with E-state index in [9.17, 15) is 53.4 Å². The molecule has 0 aliphatic heterocycles. The smallest absolute Gasteiger partial charge is 0.328 e. The van der Waals surface area contributed by atoms with Crippen molar-refractivity contribution in [3.8, 4) is 0 Å². The summed E-state index contributed by atoms with van der Waals surface area (Å²) in [5.74, 6) is -9.61. The molecule has 0 aromatic rings. The number of carboxylic acids is 3. The number of nitrogens with one attached hydrogen (secondary N) is 5. The Hall–Kier alpha value is -4.50. The van der Waals surface area contributed by atoms with Crippen molar-refractivity contribution in [2.45, 2.75) is 101 Å². The summed E-state index contributed by atoms with van der Waals surface area (Å²) < 4.78 is 0. The highest BCUT2D eigenvalue weighted by atomic mass is 32.2. The molecule has 0 spiro atoms. The number of aliphatic hydroxyl groups excluding tert-OH is 1. The van der Waals surface area contributed by atoms with E-state index in [0.717, 1.165) is 13.8 Å². The van der Waals surface area contributed by atoms with Gasteiger partial charge in [-0.1, -0.05) is 0 Å². The number of hydrogen-bond donors (Lipinski definition) is 11. The molecule has 20 nitrogen and oxygen atoms in total. The Morgan fingerprint density at radius 2 is 1.04 bits per heavy atom. The summed E-state index contributed by atoms with van der Waals surface area (Å²) in [5.41, 5.74) is 11.0. The molecule has 0 aliphatic carbocycles. The lowest BCUT2D eigenvalue weighted by Crippen LogP contribution is -2.59. The summed E-state index contributed by atoms with van der Waals surface area (Å²) in [5, 5.41) is 48.2. The number of carbonyl (C=O) groups excluding carboxylic acids is 6. The van der Waals surface area contributed by atoms with Gasteiger partial charge < -0.3 is 58.5 Å². The van der Waals surface area contributed by atoms with Gasteiger partial charge in [0.1, 0.15) is 24.2 Å². The molecule has 6 amide bonds. The fraction of sp³-hybridized carbons (Fsp3) is 0.667. The van der Waals surface area contributed by atoms with Gasteiger partial charge >= 0.3 is 17.9 Å². The molecule has 0 radical (unpaired) electrons. The average Bonchev–Trinajstić information content (AvgIpc) is 2.99. The van der Waals surface area contributed by atoms with Crippen molar-refractivity contribution in [2.75, 3.05) is 12.0 Å². The predicted octanol–water partition coefficient (Wildman–Crippen LogP) is -4.03. The van der Waals surface area contributed by atoms with Crippen molar-refractivity contribution in [2.24, 2.45) is 11.5 Å². The topological polar surface area (TPSA) is 347 Å². The molecular formula is C27H45N7O13S. The van der Waals surface area contributed by atoms with Crippen LogP contribution in [0.3, 0.4) is 0 Å². The van der Waals surface area contributed by atoms with Gasteiger partial charge in [0.15, 0.2) is 6.04 Å². The number of carboxylic acid groups (broad SMARTS) is 3. The Labute approximate surface area is 279 Å². The molecule has 48 heavy (non-hydrogen) atoms. The van der Waals surface area contributed by atoms with Crippen molar-refractivity contribution in [3.63, 3.8) is 0 Å². The maximum Gasteiger partial charge on any atom is 0.328 e. The maximum atomic E-state index is 13.3. The highest BCUT2D eigenvalue weighted by Gasteiger charge is 2.33. The van der Waals surface area contributed by atoms with Crippen LogP contribution < -0.4 is 38.1 Å². The van der Waals surface area contributed by atoms with E-state index < -0.39 is 121 Å². The third-order valence-corrected chi connectivity index (χ3v) is 7.28. The molecule has 0 aromatic carbocycles. The molecule has 0 aliphatic rings. The number of primary amides is 1. The van der Waals surface area contributed by atoms with Crippen LogP contribution >= 0.6 is 11.8 Å². The van der Waals surface area contributed by atoms with E-state index in [1.54, 1.807) is 6.26 Å². The van der Waals surface area contributed by atoms with Gasteiger partial charge in [0.05, 0.1) is 12.1 Å². The summed E-state index contributed by atoms with van der Waals surface area (Å²) in [6.45, 7) is 2.25. The molecule has 0 saturated heterocycles. The van der Waals surface area contributed by atoms with Gasteiger partial charge in [-0.25, -0.2) is 4.79 Å². The van der Waals surface area contributed by atoms with Gasteiger partial charge in [0.2, 0.25) is 35.4 Å². The first kappa shape index (κ1) is 43.5. The summed E-state index contributed by atoms with van der Waals surface area (Å²) >= 11 is 1.42. The number of amides is 6. The zero-order valence-corrected chi connectivity index (χ0v) is 27.5. The molecule has 0 heterocycles. The second-order valence-corrected chi connectivity index (χ2v) is 11.7. The quantitative estimate of drug-likeness (QED) is 0.0455. The van der Waals surface area contributed by atoms with E-state index in [1.807, 2.05) is 5.32 Å². The Bertz CT molecular complexity index is 1190. The molecule has 0 saturated carbocycles. The van der Waals surface area contributed by atoms with Gasteiger partial charge in [-0.05, 0) is 51.5 Å². The monoisotopic (exact) mass is 707 g/mol. The minimum atomic E-state index is -1.72. The minimum absolute atomic E-state index is 0.252. The first-order chi connectivity index (χ1) is 22.3. The van der Waals surface area contributed by atoms with Gasteiger partial charge in [-0.2, -0.15) is 11.8 Å². The van der Waals surface area contributed by atoms with Crippen LogP contribution in [-0.2, 0) is 43.2 Å². The fourth-order valence-electron chi connectivity index (χ4n) is 3.87. The zero-order chi connectivity index (χ0) is 37.1. The van der Waals surface area contributed by atoms with Gasteiger partial charge in [0.25, 0.3) is 0 Å². The van der Waals surface area contributed by atoms with Crippen molar-refractivity contribution in [1.29, 1.82) is 0 Å². The summed E-state index contributed by atoms with van der Waals surface area (Å²) in [7, 11) is 0. The van der Waals surface area contributed by atoms with Crippen LogP contribution in [0.1, 0.15) is 58.8 Å². The molecule has 0 fully saturated rings. The number of rotatable bonds is 24. The first-order valence-corrected chi connectivity index (χ1v) is 16.1. The molecule has 21 heteroatoms. The van der Waals surface area contributed by atoms with Crippen molar-refractivity contribution in [3.05, 3.63) is 0 Å². The molecule has 13 N–H and O–H groups in total. The Morgan fingerprint density at radius 3 is 1.42 bits per heavy atom. The SMILES string of the molecule is CSCCC(N)C(=O)NC(CCC(N)=O)C(=O)NC(CCC(=O)O)C(=O)NC(CCC(=O)O)C(=O)NC(C)C(=O)NC(C(=O)O)C(C)O. The van der Waals surface area contributed by atoms with E-state index >= 15 is 0 Å². The Kier molecular flexibility index (Phi) is 20.1. The average molecular weight is 708 g/mol. The Balaban J connectivity index is 6.05. The normalized spacial score (nSPS) is 15.2. The summed E-state index contributed by atoms with van der Waals surface area (Å²) in [6, 6.07) is -8.93. The van der Waals surface area contributed by atoms with E-state index in [2.05, 4.69) is 21.3 Å². The lowest BCUT2D eigenvalue weighted by atomic mass is 10.0. The van der Waals surface area contributed by atoms with Crippen molar-refractivity contribution >= 4 is 65.1 Å². The maximum absolute atomic E-state index is 13.3. The third-order valence-electron chi connectivity index (χ3n) is 6.64. The van der Waals surface area contributed by atoms with Crippen molar-refractivity contribution < 1.29 is 63.6 Å². The largest absolute Gasteiger partial charge is 0.481 e. The second-order valence-electron chi connectivity index (χ2n) is 10.7. The predicted molar refractivity (Wildman–Crippen MR) is 168 cm³/mol. The van der Waals surface area contributed by atoms with Crippen LogP contribution in [0, 0.1) is 0 Å². The van der Waals surface area contributed by atoms with E-state index in [1.165, 1.54) is 11.8 Å². The van der Waals surface area contributed by atoms with Crippen LogP contribution in [0.15, 0.2) is 0 Å². The fourth-order valence-corrected chi connectivity index (χ4v) is 4.36. The molecule has 0 rings (SSSR count). The van der Waals surface area contributed by atoms with Crippen molar-refractivity contribution in [1.82, 2.24) is 26.6 Å². The molecule has 7 unspecified atom stereocenters. The number of aliphatic carboxylic acids is 3. The van der Waals surface area contributed by atoms with Crippen LogP contribution in [0.2, 0.25) is 0 Å². The first-order valence-electron chi connectivity index (χ1n) is 14.7. The highest BCUT2D eigenvalue weighted by Crippen LogP contribution is 2.07. The summed E-state index contributed by atoms with van der Waals surface area (Å²) in [6.07, 6.45) is -2.51. The van der Waals surface area contributed by atoms with Crippen LogP contribution in [-0.4, -0.2) is 128 Å². The molecule has 7 atom stereocenters. The third kappa shape index (κ3) is 17.4. The van der Waals surface area contributed by atoms with E-state index in [0.29, 0.717) is 5.75 Å². The summed E-state index contributed by atoms with van der Waals surface area (Å²) in [4.78, 5) is 110. The van der Waals surface area contributed by atoms with Gasteiger partial charge in [-0.3, -0.25) is 38.4 Å². The van der Waals surface area contributed by atoms with Crippen LogP contribution in [0.25, 0.3) is 0 Å². The number of thioether (sulfide) groups is 1. The van der Waals surface area contributed by atoms with Crippen LogP contribution in [0.5, 0.6) is 0 Å². The molecular weight excluding hydrogens is 662 g/mol.